The zero-order chi connectivity index (χ0) is 19.5. The summed E-state index contributed by atoms with van der Waals surface area (Å²) in [6.45, 7) is 9.34. The van der Waals surface area contributed by atoms with E-state index in [0.717, 1.165) is 36.2 Å². The maximum atomic E-state index is 12.2. The van der Waals surface area contributed by atoms with Crippen LogP contribution in [0.3, 0.4) is 0 Å². The van der Waals surface area contributed by atoms with Gasteiger partial charge in [-0.3, -0.25) is 0 Å². The molecule has 0 fully saturated rings. The summed E-state index contributed by atoms with van der Waals surface area (Å²) < 4.78 is 35.1. The third-order valence-electron chi connectivity index (χ3n) is 4.14. The molecular weight excluding hydrogens is 354 g/mol. The second-order valence-corrected chi connectivity index (χ2v) is 7.92. The van der Waals surface area contributed by atoms with Gasteiger partial charge in [0.1, 0.15) is 5.75 Å². The van der Waals surface area contributed by atoms with Crippen molar-refractivity contribution < 1.29 is 22.7 Å². The first-order chi connectivity index (χ1) is 12.2. The molecule has 7 heteroatoms. The largest absolute Gasteiger partial charge is 0.462 e. The standard InChI is InChI=1S/C19H25NO5S/c1-6-20(7-2)14-9-10-15-13(4)11-17(25-16(15)12-14)18(26(5,22)23)19(21)24-8-3/h9-12H,6-8H2,1-5H3. The van der Waals surface area contributed by atoms with E-state index in [2.05, 4.69) is 18.7 Å². The monoisotopic (exact) mass is 379 g/mol. The Bertz CT molecular complexity index is 864. The van der Waals surface area contributed by atoms with Gasteiger partial charge in [-0.15, -0.1) is 0 Å². The maximum absolute atomic E-state index is 12.2. The Kier molecular flexibility index (Phi) is 6.13. The molecule has 0 amide bonds. The van der Waals surface area contributed by atoms with Crippen LogP contribution in [0.4, 0.5) is 5.69 Å². The lowest BCUT2D eigenvalue weighted by Gasteiger charge is -2.25. The van der Waals surface area contributed by atoms with Crippen molar-refractivity contribution in [1.82, 2.24) is 0 Å². The molecule has 0 N–H and O–H groups in total. The second-order valence-electron chi connectivity index (χ2n) is 5.97. The molecule has 0 spiro atoms. The number of nitrogens with zero attached hydrogens (tertiary/aromatic N) is 1. The third kappa shape index (κ3) is 4.09. The molecule has 26 heavy (non-hydrogen) atoms. The lowest BCUT2D eigenvalue weighted by Crippen LogP contribution is -2.22. The molecule has 0 unspecified atom stereocenters. The van der Waals surface area contributed by atoms with E-state index >= 15 is 0 Å². The van der Waals surface area contributed by atoms with Crippen molar-refractivity contribution in [2.45, 2.75) is 27.7 Å². The number of benzene rings is 1. The summed E-state index contributed by atoms with van der Waals surface area (Å²) >= 11 is 0. The fraction of sp³-hybridized carbons (Fsp3) is 0.421. The molecule has 0 saturated carbocycles. The van der Waals surface area contributed by atoms with Crippen molar-refractivity contribution in [3.05, 3.63) is 40.5 Å². The average Bonchev–Trinajstić information content (AvgIpc) is 2.54. The molecule has 0 saturated heterocycles. The van der Waals surface area contributed by atoms with Gasteiger partial charge in [-0.1, -0.05) is 0 Å². The van der Waals surface area contributed by atoms with Crippen LogP contribution in [0.5, 0.6) is 5.75 Å². The first-order valence-electron chi connectivity index (χ1n) is 8.59. The minimum atomic E-state index is -3.82. The highest BCUT2D eigenvalue weighted by Gasteiger charge is 2.30. The molecule has 1 aromatic carbocycles. The van der Waals surface area contributed by atoms with Crippen molar-refractivity contribution >= 4 is 27.1 Å². The molecule has 0 radical (unpaired) electrons. The van der Waals surface area contributed by atoms with Crippen LogP contribution >= 0.6 is 0 Å². The molecule has 1 aromatic rings. The van der Waals surface area contributed by atoms with Gasteiger partial charge >= 0.3 is 5.97 Å². The highest BCUT2D eigenvalue weighted by atomic mass is 32.2. The van der Waals surface area contributed by atoms with Gasteiger partial charge < -0.3 is 14.4 Å². The van der Waals surface area contributed by atoms with Gasteiger partial charge in [0.15, 0.2) is 20.5 Å². The van der Waals surface area contributed by atoms with Gasteiger partial charge in [0.25, 0.3) is 0 Å². The van der Waals surface area contributed by atoms with Gasteiger partial charge in [0, 0.05) is 36.7 Å². The van der Waals surface area contributed by atoms with Crippen molar-refractivity contribution in [3.8, 4) is 5.75 Å². The predicted molar refractivity (Wildman–Crippen MR) is 103 cm³/mol. The molecule has 0 bridgehead atoms. The number of allylic oxidation sites excluding steroid dienone is 2. The van der Waals surface area contributed by atoms with E-state index in [9.17, 15) is 13.2 Å². The summed E-state index contributed by atoms with van der Waals surface area (Å²) in [4.78, 5) is 13.9. The number of hydrogen-bond donors (Lipinski definition) is 0. The van der Waals surface area contributed by atoms with Gasteiger partial charge in [0.2, 0.25) is 0 Å². The Labute approximate surface area is 155 Å². The summed E-state index contributed by atoms with van der Waals surface area (Å²) in [6.07, 6.45) is 2.54. The van der Waals surface area contributed by atoms with E-state index in [0.29, 0.717) is 5.75 Å². The Hall–Kier alpha value is -2.28. The molecule has 142 valence electrons. The van der Waals surface area contributed by atoms with Crippen LogP contribution in [0.25, 0.3) is 5.57 Å². The fourth-order valence-electron chi connectivity index (χ4n) is 2.87. The number of anilines is 1. The average molecular weight is 379 g/mol. The maximum Gasteiger partial charge on any atom is 0.353 e. The van der Waals surface area contributed by atoms with E-state index in [1.807, 2.05) is 25.1 Å². The van der Waals surface area contributed by atoms with Gasteiger partial charge in [-0.25, -0.2) is 13.2 Å². The zero-order valence-electron chi connectivity index (χ0n) is 15.8. The smallest absolute Gasteiger partial charge is 0.353 e. The number of rotatable bonds is 6. The van der Waals surface area contributed by atoms with Crippen LogP contribution in [-0.2, 0) is 19.4 Å². The SMILES string of the molecule is CCOC(=O)C(=C1C=C(C)c2ccc(N(CC)CC)cc2O1)S(C)(=O)=O. The van der Waals surface area contributed by atoms with Crippen LogP contribution in [0.1, 0.15) is 33.3 Å². The van der Waals surface area contributed by atoms with Gasteiger partial charge in [0.05, 0.1) is 6.61 Å². The van der Waals surface area contributed by atoms with E-state index < -0.39 is 20.7 Å². The number of sulfone groups is 1. The Morgan fingerprint density at radius 3 is 2.38 bits per heavy atom. The zero-order valence-corrected chi connectivity index (χ0v) is 16.6. The topological polar surface area (TPSA) is 72.9 Å². The van der Waals surface area contributed by atoms with E-state index in [1.54, 1.807) is 13.0 Å². The molecular formula is C19H25NO5S. The summed E-state index contributed by atoms with van der Waals surface area (Å²) in [6, 6.07) is 5.81. The molecule has 0 aromatic heterocycles. The van der Waals surface area contributed by atoms with E-state index in [1.165, 1.54) is 0 Å². The summed E-state index contributed by atoms with van der Waals surface area (Å²) in [7, 11) is -3.82. The molecule has 2 rings (SSSR count). The number of fused-ring (bicyclic) bond motifs is 1. The summed E-state index contributed by atoms with van der Waals surface area (Å²) in [5.41, 5.74) is 2.65. The van der Waals surface area contributed by atoms with Crippen LogP contribution in [0, 0.1) is 0 Å². The van der Waals surface area contributed by atoms with Gasteiger partial charge in [-0.05, 0) is 51.5 Å². The first-order valence-corrected chi connectivity index (χ1v) is 10.5. The number of ether oxygens (including phenoxy) is 2. The minimum absolute atomic E-state index is 0.00681. The molecule has 1 aliphatic rings. The highest BCUT2D eigenvalue weighted by Crippen LogP contribution is 2.37. The highest BCUT2D eigenvalue weighted by molar-refractivity contribution is 7.95. The van der Waals surface area contributed by atoms with Crippen molar-refractivity contribution in [3.63, 3.8) is 0 Å². The Morgan fingerprint density at radius 1 is 1.19 bits per heavy atom. The number of carbonyl (C=O) groups excluding carboxylic acids is 1. The molecule has 6 nitrogen and oxygen atoms in total. The van der Waals surface area contributed by atoms with E-state index in [4.69, 9.17) is 9.47 Å². The Balaban J connectivity index is 2.59. The molecule has 1 aliphatic heterocycles. The first kappa shape index (κ1) is 20.0. The van der Waals surface area contributed by atoms with Gasteiger partial charge in [-0.2, -0.15) is 0 Å². The fourth-order valence-corrected chi connectivity index (χ4v) is 3.70. The van der Waals surface area contributed by atoms with Crippen molar-refractivity contribution in [2.24, 2.45) is 0 Å². The lowest BCUT2D eigenvalue weighted by molar-refractivity contribution is -0.137. The number of esters is 1. The second kappa shape index (κ2) is 7.95. The molecule has 1 heterocycles. The molecule has 0 aliphatic carbocycles. The van der Waals surface area contributed by atoms with Crippen LogP contribution in [0.15, 0.2) is 34.9 Å². The quantitative estimate of drug-likeness (QED) is 0.558. The summed E-state index contributed by atoms with van der Waals surface area (Å²) in [5.74, 6) is -0.389. The van der Waals surface area contributed by atoms with Crippen LogP contribution < -0.4 is 9.64 Å². The minimum Gasteiger partial charge on any atom is -0.462 e. The number of carbonyl (C=O) groups is 1. The van der Waals surface area contributed by atoms with Crippen LogP contribution in [0.2, 0.25) is 0 Å². The van der Waals surface area contributed by atoms with Crippen LogP contribution in [-0.4, -0.2) is 40.3 Å². The normalized spacial score (nSPS) is 15.5. The third-order valence-corrected chi connectivity index (χ3v) is 5.25. The van der Waals surface area contributed by atoms with Crippen molar-refractivity contribution in [1.29, 1.82) is 0 Å². The van der Waals surface area contributed by atoms with E-state index in [-0.39, 0.29) is 12.4 Å². The number of hydrogen-bond acceptors (Lipinski definition) is 6. The molecule has 0 atom stereocenters. The Morgan fingerprint density at radius 2 is 1.85 bits per heavy atom. The summed E-state index contributed by atoms with van der Waals surface area (Å²) in [5, 5.41) is 0. The predicted octanol–water partition coefficient (Wildman–Crippen LogP) is 3.15. The van der Waals surface area contributed by atoms with Crippen molar-refractivity contribution in [2.75, 3.05) is 30.9 Å². The lowest BCUT2D eigenvalue weighted by atomic mass is 10.0.